The molecule has 5 heteroatoms. The van der Waals surface area contributed by atoms with Crippen LogP contribution in [0.4, 0.5) is 0 Å². The van der Waals surface area contributed by atoms with E-state index in [1.807, 2.05) is 12.2 Å². The van der Waals surface area contributed by atoms with Crippen molar-refractivity contribution in [2.24, 2.45) is 5.16 Å². The molecule has 1 aliphatic heterocycles. The number of carbonyl (C=O) groups excluding carboxylic acids is 1. The third-order valence-electron chi connectivity index (χ3n) is 2.61. The van der Waals surface area contributed by atoms with E-state index in [1.165, 1.54) is 0 Å². The Morgan fingerprint density at radius 3 is 3.06 bits per heavy atom. The Labute approximate surface area is 96.6 Å². The molecule has 0 amide bonds. The van der Waals surface area contributed by atoms with Gasteiger partial charge < -0.3 is 4.84 Å². The van der Waals surface area contributed by atoms with Crippen LogP contribution in [0.3, 0.4) is 0 Å². The first-order valence-electron chi connectivity index (χ1n) is 4.86. The maximum absolute atomic E-state index is 11.0. The third kappa shape index (κ3) is 1.34. The Morgan fingerprint density at radius 2 is 2.31 bits per heavy atom. The average Bonchev–Trinajstić information content (AvgIpc) is 2.87. The fourth-order valence-corrected chi connectivity index (χ4v) is 2.14. The lowest BCUT2D eigenvalue weighted by Crippen LogP contribution is -2.04. The van der Waals surface area contributed by atoms with Gasteiger partial charge >= 0.3 is 5.97 Å². The maximum Gasteiger partial charge on any atom is 0.341 e. The Morgan fingerprint density at radius 1 is 1.44 bits per heavy atom. The summed E-state index contributed by atoms with van der Waals surface area (Å²) in [6.45, 7) is 0. The second-order valence-electron chi connectivity index (χ2n) is 3.63. The van der Waals surface area contributed by atoms with E-state index >= 15 is 0 Å². The summed E-state index contributed by atoms with van der Waals surface area (Å²) < 4.78 is 0. The number of allylic oxidation sites excluding steroid dienone is 1. The van der Waals surface area contributed by atoms with Gasteiger partial charge in [-0.1, -0.05) is 28.9 Å². The first-order chi connectivity index (χ1) is 7.75. The second-order valence-corrected chi connectivity index (χ2v) is 4.01. The number of hydrogen-bond donors (Lipinski definition) is 0. The van der Waals surface area contributed by atoms with Gasteiger partial charge in [-0.2, -0.15) is 0 Å². The van der Waals surface area contributed by atoms with E-state index in [0.29, 0.717) is 16.3 Å². The van der Waals surface area contributed by atoms with E-state index < -0.39 is 0 Å². The standard InChI is InChI=1S/C11H7ClN2O2/c12-11-6-2-1-3-8(6)13-5-7(11)9-4-10(15)16-14-9/h1-2,5H,3-4H2. The van der Waals surface area contributed by atoms with Crippen LogP contribution >= 0.6 is 11.6 Å². The van der Waals surface area contributed by atoms with Gasteiger partial charge in [-0.05, 0) is 0 Å². The number of oxime groups is 1. The predicted octanol–water partition coefficient (Wildman–Crippen LogP) is 1.96. The van der Waals surface area contributed by atoms with Crippen LogP contribution in [0, 0.1) is 0 Å². The summed E-state index contributed by atoms with van der Waals surface area (Å²) in [7, 11) is 0. The summed E-state index contributed by atoms with van der Waals surface area (Å²) in [5.41, 5.74) is 3.10. The number of carbonyl (C=O) groups is 1. The minimum Gasteiger partial charge on any atom is -0.318 e. The first kappa shape index (κ1) is 9.54. The molecule has 0 fully saturated rings. The number of halogens is 1. The average molecular weight is 235 g/mol. The molecule has 16 heavy (non-hydrogen) atoms. The van der Waals surface area contributed by atoms with Gasteiger partial charge in [0.2, 0.25) is 0 Å². The van der Waals surface area contributed by atoms with Gasteiger partial charge in [-0.15, -0.1) is 0 Å². The van der Waals surface area contributed by atoms with Crippen molar-refractivity contribution in [3.63, 3.8) is 0 Å². The molecule has 80 valence electrons. The molecule has 0 radical (unpaired) electrons. The largest absolute Gasteiger partial charge is 0.341 e. The van der Waals surface area contributed by atoms with Crippen LogP contribution < -0.4 is 0 Å². The first-order valence-corrected chi connectivity index (χ1v) is 5.24. The summed E-state index contributed by atoms with van der Waals surface area (Å²) in [4.78, 5) is 19.8. The molecule has 3 rings (SSSR count). The van der Waals surface area contributed by atoms with Crippen LogP contribution in [0.2, 0.25) is 5.02 Å². The molecule has 1 aromatic heterocycles. The summed E-state index contributed by atoms with van der Waals surface area (Å²) in [5, 5.41) is 4.29. The van der Waals surface area contributed by atoms with Crippen molar-refractivity contribution in [1.29, 1.82) is 0 Å². The molecule has 0 N–H and O–H groups in total. The Kier molecular flexibility index (Phi) is 2.04. The molecule has 0 unspecified atom stereocenters. The van der Waals surface area contributed by atoms with Crippen molar-refractivity contribution >= 4 is 29.4 Å². The normalized spacial score (nSPS) is 17.3. The van der Waals surface area contributed by atoms with E-state index in [1.54, 1.807) is 6.20 Å². The van der Waals surface area contributed by atoms with Gasteiger partial charge in [-0.3, -0.25) is 4.98 Å². The zero-order valence-electron chi connectivity index (χ0n) is 8.24. The Bertz CT molecular complexity index is 549. The zero-order chi connectivity index (χ0) is 11.1. The molecular weight excluding hydrogens is 228 g/mol. The molecule has 1 aromatic rings. The quantitative estimate of drug-likeness (QED) is 0.698. The highest BCUT2D eigenvalue weighted by molar-refractivity contribution is 6.36. The molecule has 0 saturated heterocycles. The van der Waals surface area contributed by atoms with Crippen molar-refractivity contribution in [3.8, 4) is 0 Å². The van der Waals surface area contributed by atoms with E-state index in [0.717, 1.165) is 17.7 Å². The van der Waals surface area contributed by atoms with Crippen LogP contribution in [-0.4, -0.2) is 16.7 Å². The van der Waals surface area contributed by atoms with Crippen molar-refractivity contribution in [3.05, 3.63) is 34.1 Å². The SMILES string of the molecule is O=C1CC(c2cnc3c(c2Cl)C=CC3)=NO1. The van der Waals surface area contributed by atoms with Crippen LogP contribution in [0.5, 0.6) is 0 Å². The van der Waals surface area contributed by atoms with E-state index in [4.69, 9.17) is 11.6 Å². The van der Waals surface area contributed by atoms with Crippen molar-refractivity contribution in [2.75, 3.05) is 0 Å². The van der Waals surface area contributed by atoms with Gasteiger partial charge in [0.1, 0.15) is 5.71 Å². The smallest absolute Gasteiger partial charge is 0.318 e. The third-order valence-corrected chi connectivity index (χ3v) is 3.02. The number of rotatable bonds is 1. The lowest BCUT2D eigenvalue weighted by Gasteiger charge is -2.05. The summed E-state index contributed by atoms with van der Waals surface area (Å²) in [6.07, 6.45) is 6.55. The molecule has 0 spiro atoms. The van der Waals surface area contributed by atoms with Crippen LogP contribution in [0.1, 0.15) is 23.2 Å². The lowest BCUT2D eigenvalue weighted by molar-refractivity contribution is -0.140. The van der Waals surface area contributed by atoms with Crippen LogP contribution in [0.15, 0.2) is 17.4 Å². The van der Waals surface area contributed by atoms with Gasteiger partial charge in [-0.25, -0.2) is 4.79 Å². The monoisotopic (exact) mass is 234 g/mol. The molecule has 2 aliphatic rings. The minimum absolute atomic E-state index is 0.157. The van der Waals surface area contributed by atoms with Gasteiger partial charge in [0.05, 0.1) is 17.1 Å². The highest BCUT2D eigenvalue weighted by Gasteiger charge is 2.24. The van der Waals surface area contributed by atoms with Crippen LogP contribution in [-0.2, 0) is 16.1 Å². The highest BCUT2D eigenvalue weighted by Crippen LogP contribution is 2.30. The Hall–Kier alpha value is -1.68. The molecule has 2 heterocycles. The number of nitrogens with zero attached hydrogens (tertiary/aromatic N) is 2. The second kappa shape index (κ2) is 3.42. The van der Waals surface area contributed by atoms with Gasteiger partial charge in [0.15, 0.2) is 0 Å². The molecular formula is C11H7ClN2O2. The van der Waals surface area contributed by atoms with E-state index in [-0.39, 0.29) is 12.4 Å². The summed E-state index contributed by atoms with van der Waals surface area (Å²) in [5.74, 6) is -0.359. The molecule has 4 nitrogen and oxygen atoms in total. The van der Waals surface area contributed by atoms with Crippen molar-refractivity contribution in [2.45, 2.75) is 12.8 Å². The van der Waals surface area contributed by atoms with Gasteiger partial charge in [0.25, 0.3) is 0 Å². The fourth-order valence-electron chi connectivity index (χ4n) is 1.81. The number of fused-ring (bicyclic) bond motifs is 1. The summed E-state index contributed by atoms with van der Waals surface area (Å²) >= 11 is 6.24. The fraction of sp³-hybridized carbons (Fsp3) is 0.182. The van der Waals surface area contributed by atoms with E-state index in [9.17, 15) is 4.79 Å². The number of aromatic nitrogens is 1. The molecule has 1 aliphatic carbocycles. The van der Waals surface area contributed by atoms with Crippen molar-refractivity contribution < 1.29 is 9.63 Å². The number of pyridine rings is 1. The zero-order valence-corrected chi connectivity index (χ0v) is 8.99. The lowest BCUT2D eigenvalue weighted by atomic mass is 10.1. The van der Waals surface area contributed by atoms with Crippen LogP contribution in [0.25, 0.3) is 6.08 Å². The molecule has 0 saturated carbocycles. The van der Waals surface area contributed by atoms with Crippen molar-refractivity contribution in [1.82, 2.24) is 4.98 Å². The predicted molar refractivity (Wildman–Crippen MR) is 59.2 cm³/mol. The molecule has 0 aromatic carbocycles. The molecule has 0 bridgehead atoms. The highest BCUT2D eigenvalue weighted by atomic mass is 35.5. The Balaban J connectivity index is 2.09. The van der Waals surface area contributed by atoms with Gasteiger partial charge in [0, 0.05) is 23.7 Å². The van der Waals surface area contributed by atoms with E-state index in [2.05, 4.69) is 15.0 Å². The maximum atomic E-state index is 11.0. The topological polar surface area (TPSA) is 51.5 Å². The summed E-state index contributed by atoms with van der Waals surface area (Å²) in [6, 6.07) is 0. The minimum atomic E-state index is -0.359. The molecule has 0 atom stereocenters. The number of hydrogen-bond acceptors (Lipinski definition) is 4.